The van der Waals surface area contributed by atoms with Gasteiger partial charge in [-0.2, -0.15) is 0 Å². The average molecular weight is 1480 g/mol. The molecular formula is C75H65ClN8O15S4. The van der Waals surface area contributed by atoms with E-state index in [1.54, 1.807) is 207 Å². The first-order valence-corrected chi connectivity index (χ1v) is 36.8. The van der Waals surface area contributed by atoms with Gasteiger partial charge in [-0.25, -0.2) is 48.1 Å². The number of carbonyl (C=O) groups excluding carboxylic acids is 3. The fourth-order valence-electron chi connectivity index (χ4n) is 8.47. The molecule has 0 fully saturated rings. The van der Waals surface area contributed by atoms with Crippen molar-refractivity contribution in [3.63, 3.8) is 0 Å². The number of ether oxygens (including phenoxy) is 2. The number of amides is 3. The van der Waals surface area contributed by atoms with Gasteiger partial charge in [0, 0.05) is 78.7 Å². The molecule has 0 unspecified atom stereocenters. The third-order valence-corrected chi connectivity index (χ3v) is 20.9. The Kier molecular flexibility index (Phi) is 29.5. The number of nitro benzene ring substituents is 1. The molecule has 0 aliphatic rings. The summed E-state index contributed by atoms with van der Waals surface area (Å²) >= 11 is 4.95. The van der Waals surface area contributed by atoms with E-state index in [1.165, 1.54) is 84.9 Å². The highest BCUT2D eigenvalue weighted by atomic mass is 35.5. The van der Waals surface area contributed by atoms with Crippen molar-refractivity contribution in [3.8, 4) is 11.5 Å². The summed E-state index contributed by atoms with van der Waals surface area (Å²) in [6, 6.07) is 80.0. The van der Waals surface area contributed by atoms with Gasteiger partial charge in [-0.3, -0.25) is 25.4 Å². The summed E-state index contributed by atoms with van der Waals surface area (Å²) in [5.74, 6) is 0.880. The molecule has 2 heterocycles. The number of carbonyl (C=O) groups is 3. The van der Waals surface area contributed by atoms with E-state index in [2.05, 4.69) is 30.7 Å². The molecule has 3 amide bonds. The van der Waals surface area contributed by atoms with Crippen LogP contribution in [0.4, 0.5) is 37.1 Å². The number of rotatable bonds is 16. The standard InChI is InChI=1S/C19H17N3O3S.C19H15NO4S.C12H9NO4S.C12H11NO2S.C7H5ClO2.C6H8N2/c23-19(21-14-15-10-12-20-13-11-15)22-16-6-8-18(9-7-16)26(24,25)17-4-2-1-3-5-17;21-19(24-16-7-3-1-4-8-16)20-15-11-13-18(14-12-15)25(22,23)17-9-5-2-6-10-17;14-13(15)10-6-8-12(9-7-10)18(16,17)11-4-2-1-3-5-11;13-10-6-8-12(9-7-10)16(14,15)11-4-2-1-3-5-11;8-7(9)10-6-4-2-1-3-5-6;7-5-6-1-3-8-4-2-6/h1-13H,14H2,(H2,21,22,23);1-14H,(H,20,21);1-9H;1-9H,13H2;1-5H;1-4H,5,7H2. The van der Waals surface area contributed by atoms with Gasteiger partial charge in [0.1, 0.15) is 11.5 Å². The number of nitrogens with two attached hydrogens (primary N) is 2. The molecular weight excluding hydrogens is 1420 g/mol. The summed E-state index contributed by atoms with van der Waals surface area (Å²) in [4.78, 5) is 53.1. The number of anilines is 3. The SMILES string of the molecule is NCc1ccncc1.Nc1ccc(S(=O)(=O)c2ccccc2)cc1.O=C(Cl)Oc1ccccc1.O=C(NCc1ccncc1)Nc1ccc(S(=O)(=O)c2ccccc2)cc1.O=C(Nc1ccc(S(=O)(=O)c2ccccc2)cc1)Oc1ccccc1.O=[N+]([O-])c1ccc(S(=O)(=O)c2ccccc2)cc1. The lowest BCUT2D eigenvalue weighted by atomic mass is 10.3. The number of halogens is 1. The maximum Gasteiger partial charge on any atom is 0.417 e. The summed E-state index contributed by atoms with van der Waals surface area (Å²) in [5, 5.41) is 18.4. The van der Waals surface area contributed by atoms with Crippen LogP contribution in [-0.4, -0.2) is 66.1 Å². The predicted molar refractivity (Wildman–Crippen MR) is 391 cm³/mol. The number of nitrogen functional groups attached to an aromatic ring is 1. The van der Waals surface area contributed by atoms with Crippen molar-refractivity contribution in [1.82, 2.24) is 15.3 Å². The van der Waals surface area contributed by atoms with E-state index < -0.39 is 55.8 Å². The molecule has 12 rings (SSSR count). The number of pyridine rings is 2. The number of para-hydroxylation sites is 2. The molecule has 2 aromatic heterocycles. The molecule has 23 nitrogen and oxygen atoms in total. The Morgan fingerprint density at radius 3 is 1.00 bits per heavy atom. The van der Waals surface area contributed by atoms with Gasteiger partial charge in [0.15, 0.2) is 0 Å². The van der Waals surface area contributed by atoms with Gasteiger partial charge in [-0.1, -0.05) is 109 Å². The molecule has 0 saturated carbocycles. The Labute approximate surface area is 600 Å². The minimum absolute atomic E-state index is 0.0410. The molecule has 12 aromatic rings. The van der Waals surface area contributed by atoms with Gasteiger partial charge in [0.25, 0.3) is 5.69 Å². The highest BCUT2D eigenvalue weighted by Crippen LogP contribution is 2.27. The maximum atomic E-state index is 12.5. The Morgan fingerprint density at radius 1 is 0.388 bits per heavy atom. The molecule has 0 radical (unpaired) electrons. The first-order valence-electron chi connectivity index (χ1n) is 30.5. The number of aromatic nitrogens is 2. The highest BCUT2D eigenvalue weighted by Gasteiger charge is 2.21. The fraction of sp³-hybridized carbons (Fsp3) is 0.0267. The second-order valence-corrected chi connectivity index (χ2v) is 28.9. The van der Waals surface area contributed by atoms with Crippen LogP contribution in [0.15, 0.2) is 367 Å². The predicted octanol–water partition coefficient (Wildman–Crippen LogP) is 14.9. The summed E-state index contributed by atoms with van der Waals surface area (Å²) in [6.07, 6.45) is 6.14. The molecule has 0 aliphatic carbocycles. The second-order valence-electron chi connectivity index (χ2n) is 20.8. The van der Waals surface area contributed by atoms with E-state index in [9.17, 15) is 58.2 Å². The fourth-order valence-corrected chi connectivity index (χ4v) is 13.7. The summed E-state index contributed by atoms with van der Waals surface area (Å²) in [7, 11) is -14.2. The molecule has 0 bridgehead atoms. The average Bonchev–Trinajstić information content (AvgIpc) is 0.820. The first kappa shape index (κ1) is 78.1. The van der Waals surface area contributed by atoms with Crippen LogP contribution in [0.3, 0.4) is 0 Å². The molecule has 526 valence electrons. The van der Waals surface area contributed by atoms with Crippen LogP contribution in [0.25, 0.3) is 0 Å². The number of nitrogens with one attached hydrogen (secondary N) is 3. The summed E-state index contributed by atoms with van der Waals surface area (Å²) in [5.41, 5.74) is 13.4. The maximum absolute atomic E-state index is 12.5. The second kappa shape index (κ2) is 38.9. The van der Waals surface area contributed by atoms with Crippen molar-refractivity contribution >= 4 is 91.3 Å². The van der Waals surface area contributed by atoms with Crippen LogP contribution in [0.1, 0.15) is 11.1 Å². The molecule has 103 heavy (non-hydrogen) atoms. The van der Waals surface area contributed by atoms with Crippen LogP contribution >= 0.6 is 11.6 Å². The smallest absolute Gasteiger partial charge is 0.415 e. The van der Waals surface area contributed by atoms with Gasteiger partial charge < -0.3 is 31.6 Å². The topological polar surface area (TPSA) is 363 Å². The van der Waals surface area contributed by atoms with E-state index in [4.69, 9.17) is 27.8 Å². The zero-order valence-electron chi connectivity index (χ0n) is 54.2. The van der Waals surface area contributed by atoms with Crippen molar-refractivity contribution in [1.29, 1.82) is 0 Å². The van der Waals surface area contributed by atoms with E-state index in [0.717, 1.165) is 11.1 Å². The van der Waals surface area contributed by atoms with Gasteiger partial charge in [0.2, 0.25) is 39.3 Å². The number of urea groups is 1. The zero-order chi connectivity index (χ0) is 74.1. The highest BCUT2D eigenvalue weighted by molar-refractivity contribution is 7.92. The van der Waals surface area contributed by atoms with Gasteiger partial charge in [-0.15, -0.1) is 0 Å². The van der Waals surface area contributed by atoms with E-state index >= 15 is 0 Å². The van der Waals surface area contributed by atoms with E-state index in [1.807, 2.05) is 36.4 Å². The minimum Gasteiger partial charge on any atom is -0.415 e. The number of non-ortho nitro benzene ring substituents is 1. The lowest BCUT2D eigenvalue weighted by Gasteiger charge is -2.09. The third-order valence-electron chi connectivity index (χ3n) is 13.7. The van der Waals surface area contributed by atoms with Crippen molar-refractivity contribution in [2.75, 3.05) is 16.4 Å². The van der Waals surface area contributed by atoms with Crippen LogP contribution in [-0.2, 0) is 52.4 Å². The van der Waals surface area contributed by atoms with Crippen LogP contribution in [0.2, 0.25) is 0 Å². The number of hydrogen-bond acceptors (Lipinski definition) is 19. The minimum atomic E-state index is -3.60. The lowest BCUT2D eigenvalue weighted by molar-refractivity contribution is -0.384. The normalized spacial score (nSPS) is 10.7. The molecule has 0 atom stereocenters. The van der Waals surface area contributed by atoms with Gasteiger partial charge in [0.05, 0.1) is 44.1 Å². The first-order chi connectivity index (χ1) is 49.4. The Morgan fingerprint density at radius 2 is 0.680 bits per heavy atom. The number of nitrogens with zero attached hydrogens (tertiary/aromatic N) is 3. The third kappa shape index (κ3) is 24.9. The van der Waals surface area contributed by atoms with Crippen LogP contribution < -0.4 is 36.9 Å². The Balaban J connectivity index is 0.000000180. The number of hydrogen-bond donors (Lipinski definition) is 5. The number of benzene rings is 10. The summed E-state index contributed by atoms with van der Waals surface area (Å²) < 4.78 is 108. The van der Waals surface area contributed by atoms with E-state index in [-0.39, 0.29) is 46.0 Å². The molecule has 7 N–H and O–H groups in total. The van der Waals surface area contributed by atoms with Crippen molar-refractivity contribution in [3.05, 3.63) is 349 Å². The lowest BCUT2D eigenvalue weighted by Crippen LogP contribution is -2.28. The zero-order valence-corrected chi connectivity index (χ0v) is 58.2. The number of nitro groups is 1. The van der Waals surface area contributed by atoms with Crippen molar-refractivity contribution in [2.24, 2.45) is 5.73 Å². The van der Waals surface area contributed by atoms with Gasteiger partial charge >= 0.3 is 17.6 Å². The van der Waals surface area contributed by atoms with Crippen LogP contribution in [0.5, 0.6) is 11.5 Å². The molecule has 0 spiro atoms. The molecule has 10 aromatic carbocycles. The monoisotopic (exact) mass is 1480 g/mol. The van der Waals surface area contributed by atoms with Crippen molar-refractivity contribution < 1.29 is 62.5 Å². The quantitative estimate of drug-likeness (QED) is 0.0260. The largest absolute Gasteiger partial charge is 0.417 e. The van der Waals surface area contributed by atoms with Crippen molar-refractivity contribution in [2.45, 2.75) is 52.3 Å². The summed E-state index contributed by atoms with van der Waals surface area (Å²) in [6.45, 7) is 0.970. The molecule has 0 saturated heterocycles. The van der Waals surface area contributed by atoms with Crippen LogP contribution in [0, 0.1) is 10.1 Å². The Hall–Kier alpha value is -12.2. The van der Waals surface area contributed by atoms with Gasteiger partial charge in [-0.05, 0) is 193 Å². The van der Waals surface area contributed by atoms with E-state index in [0.29, 0.717) is 46.5 Å². The Bertz CT molecular complexity index is 5130. The molecule has 0 aliphatic heterocycles. The molecule has 28 heteroatoms. The number of sulfone groups is 4.